The summed E-state index contributed by atoms with van der Waals surface area (Å²) in [4.78, 5) is 23.8. The minimum Gasteiger partial charge on any atom is -0.479 e. The first-order valence-electron chi connectivity index (χ1n) is 6.71. The van der Waals surface area contributed by atoms with Gasteiger partial charge in [-0.1, -0.05) is 6.07 Å². The van der Waals surface area contributed by atoms with Gasteiger partial charge in [0.15, 0.2) is 6.10 Å². The summed E-state index contributed by atoms with van der Waals surface area (Å²) in [6.07, 6.45) is -0.515. The van der Waals surface area contributed by atoms with Crippen molar-refractivity contribution in [3.05, 3.63) is 51.6 Å². The number of amides is 2. The van der Waals surface area contributed by atoms with Crippen LogP contribution in [0.5, 0.6) is 5.75 Å². The molecule has 2 amide bonds. The van der Waals surface area contributed by atoms with E-state index in [1.165, 1.54) is 0 Å². The zero-order valence-corrected chi connectivity index (χ0v) is 13.9. The zero-order chi connectivity index (χ0) is 15.7. The quantitative estimate of drug-likeness (QED) is 0.750. The summed E-state index contributed by atoms with van der Waals surface area (Å²) in [6, 6.07) is 12.5. The van der Waals surface area contributed by atoms with Crippen LogP contribution in [-0.2, 0) is 4.79 Å². The van der Waals surface area contributed by atoms with Crippen molar-refractivity contribution >= 4 is 45.8 Å². The highest BCUT2D eigenvalue weighted by Crippen LogP contribution is 2.32. The van der Waals surface area contributed by atoms with Gasteiger partial charge in [0.05, 0.1) is 5.69 Å². The van der Waals surface area contributed by atoms with E-state index in [0.29, 0.717) is 22.7 Å². The van der Waals surface area contributed by atoms with Crippen LogP contribution in [0.25, 0.3) is 0 Å². The summed E-state index contributed by atoms with van der Waals surface area (Å²) in [5.41, 5.74) is 1.74. The fourth-order valence-corrected chi connectivity index (χ4v) is 2.66. The Balaban J connectivity index is 1.80. The fourth-order valence-electron chi connectivity index (χ4n) is 2.12. The highest BCUT2D eigenvalue weighted by Gasteiger charge is 2.23. The largest absolute Gasteiger partial charge is 0.479 e. The molecule has 3 rings (SSSR count). The molecule has 2 aromatic carbocycles. The zero-order valence-electron chi connectivity index (χ0n) is 11.7. The van der Waals surface area contributed by atoms with E-state index in [1.54, 1.807) is 37.3 Å². The predicted octanol–water partition coefficient (Wildman–Crippen LogP) is 3.26. The molecule has 1 heterocycles. The Bertz CT molecular complexity index is 761. The Kier molecular flexibility index (Phi) is 4.02. The van der Waals surface area contributed by atoms with Crippen LogP contribution < -0.4 is 15.4 Å². The third kappa shape index (κ3) is 3.06. The minimum atomic E-state index is -0.515. The van der Waals surface area contributed by atoms with E-state index >= 15 is 0 Å². The lowest BCUT2D eigenvalue weighted by atomic mass is 10.2. The maximum absolute atomic E-state index is 12.2. The number of carbonyl (C=O) groups is 2. The Labute approximate surface area is 141 Å². The van der Waals surface area contributed by atoms with Gasteiger partial charge in [-0.2, -0.15) is 0 Å². The topological polar surface area (TPSA) is 67.4 Å². The molecule has 1 atom stereocenters. The molecule has 1 aliphatic rings. The average molecular weight is 408 g/mol. The van der Waals surface area contributed by atoms with Gasteiger partial charge in [0.2, 0.25) is 0 Å². The van der Waals surface area contributed by atoms with Crippen molar-refractivity contribution in [1.29, 1.82) is 0 Å². The molecule has 2 aromatic rings. The number of anilines is 2. The molecule has 0 aliphatic carbocycles. The maximum atomic E-state index is 12.2. The number of fused-ring (bicyclic) bond motifs is 1. The van der Waals surface area contributed by atoms with Gasteiger partial charge in [-0.25, -0.2) is 0 Å². The molecule has 0 bridgehead atoms. The number of carbonyl (C=O) groups excluding carboxylic acids is 2. The molecule has 1 aliphatic heterocycles. The lowest BCUT2D eigenvalue weighted by Gasteiger charge is -2.23. The summed E-state index contributed by atoms with van der Waals surface area (Å²) >= 11 is 2.16. The molecule has 0 radical (unpaired) electrons. The molecule has 0 saturated heterocycles. The van der Waals surface area contributed by atoms with Gasteiger partial charge in [-0.3, -0.25) is 9.59 Å². The SMILES string of the molecule is CC1Oc2ccc(NC(=O)c3cccc(I)c3)cc2NC1=O. The predicted molar refractivity (Wildman–Crippen MR) is 92.3 cm³/mol. The van der Waals surface area contributed by atoms with Crippen molar-refractivity contribution in [3.63, 3.8) is 0 Å². The van der Waals surface area contributed by atoms with Crippen molar-refractivity contribution < 1.29 is 14.3 Å². The van der Waals surface area contributed by atoms with Crippen molar-refractivity contribution in [3.8, 4) is 5.75 Å². The van der Waals surface area contributed by atoms with E-state index in [0.717, 1.165) is 3.57 Å². The van der Waals surface area contributed by atoms with Crippen LogP contribution in [0.15, 0.2) is 42.5 Å². The second kappa shape index (κ2) is 5.96. The smallest absolute Gasteiger partial charge is 0.265 e. The highest BCUT2D eigenvalue weighted by molar-refractivity contribution is 14.1. The molecule has 0 aromatic heterocycles. The van der Waals surface area contributed by atoms with Crippen LogP contribution in [0.2, 0.25) is 0 Å². The van der Waals surface area contributed by atoms with Crippen molar-refractivity contribution in [2.24, 2.45) is 0 Å². The lowest BCUT2D eigenvalue weighted by Crippen LogP contribution is -2.34. The molecule has 6 heteroatoms. The number of hydrogen-bond donors (Lipinski definition) is 2. The summed E-state index contributed by atoms with van der Waals surface area (Å²) in [5.74, 6) is 0.197. The first-order chi connectivity index (χ1) is 10.5. The van der Waals surface area contributed by atoms with Crippen LogP contribution in [0, 0.1) is 3.57 Å². The summed E-state index contributed by atoms with van der Waals surface area (Å²) in [6.45, 7) is 1.69. The Hall–Kier alpha value is -2.09. The van der Waals surface area contributed by atoms with Crippen LogP contribution in [0.1, 0.15) is 17.3 Å². The number of ether oxygens (including phenoxy) is 1. The van der Waals surface area contributed by atoms with Crippen LogP contribution >= 0.6 is 22.6 Å². The molecular weight excluding hydrogens is 395 g/mol. The van der Waals surface area contributed by atoms with E-state index in [1.807, 2.05) is 12.1 Å². The third-order valence-electron chi connectivity index (χ3n) is 3.26. The number of halogens is 1. The van der Waals surface area contributed by atoms with Gasteiger partial charge in [0, 0.05) is 14.8 Å². The Morgan fingerprint density at radius 3 is 2.86 bits per heavy atom. The number of nitrogens with one attached hydrogen (secondary N) is 2. The maximum Gasteiger partial charge on any atom is 0.265 e. The van der Waals surface area contributed by atoms with Crippen LogP contribution in [0.3, 0.4) is 0 Å². The molecule has 5 nitrogen and oxygen atoms in total. The average Bonchev–Trinajstić information content (AvgIpc) is 2.49. The van der Waals surface area contributed by atoms with Gasteiger partial charge in [-0.15, -0.1) is 0 Å². The van der Waals surface area contributed by atoms with E-state index in [4.69, 9.17) is 4.74 Å². The normalized spacial score (nSPS) is 16.3. The van der Waals surface area contributed by atoms with E-state index in [9.17, 15) is 9.59 Å². The molecular formula is C16H13IN2O3. The number of benzene rings is 2. The second-order valence-electron chi connectivity index (χ2n) is 4.92. The van der Waals surface area contributed by atoms with Crippen molar-refractivity contribution in [1.82, 2.24) is 0 Å². The molecule has 0 saturated carbocycles. The molecule has 0 fully saturated rings. The Morgan fingerprint density at radius 2 is 2.09 bits per heavy atom. The second-order valence-corrected chi connectivity index (χ2v) is 6.17. The fraction of sp³-hybridized carbons (Fsp3) is 0.125. The third-order valence-corrected chi connectivity index (χ3v) is 3.93. The summed E-state index contributed by atoms with van der Waals surface area (Å²) in [5, 5.41) is 5.57. The molecule has 1 unspecified atom stereocenters. The van der Waals surface area contributed by atoms with Crippen molar-refractivity contribution in [2.75, 3.05) is 10.6 Å². The van der Waals surface area contributed by atoms with Gasteiger partial charge in [0.25, 0.3) is 11.8 Å². The summed E-state index contributed by atoms with van der Waals surface area (Å²) < 4.78 is 6.47. The summed E-state index contributed by atoms with van der Waals surface area (Å²) in [7, 11) is 0. The number of rotatable bonds is 2. The highest BCUT2D eigenvalue weighted by atomic mass is 127. The van der Waals surface area contributed by atoms with Crippen LogP contribution in [-0.4, -0.2) is 17.9 Å². The van der Waals surface area contributed by atoms with E-state index in [-0.39, 0.29) is 11.8 Å². The molecule has 0 spiro atoms. The first kappa shape index (κ1) is 14.8. The molecule has 2 N–H and O–H groups in total. The van der Waals surface area contributed by atoms with Crippen molar-refractivity contribution in [2.45, 2.75) is 13.0 Å². The first-order valence-corrected chi connectivity index (χ1v) is 7.79. The van der Waals surface area contributed by atoms with E-state index < -0.39 is 6.10 Å². The molecule has 22 heavy (non-hydrogen) atoms. The number of hydrogen-bond acceptors (Lipinski definition) is 3. The Morgan fingerprint density at radius 1 is 1.27 bits per heavy atom. The van der Waals surface area contributed by atoms with Gasteiger partial charge in [0.1, 0.15) is 5.75 Å². The molecule has 112 valence electrons. The van der Waals surface area contributed by atoms with Gasteiger partial charge >= 0.3 is 0 Å². The standard InChI is InChI=1S/C16H13IN2O3/c1-9-15(20)19-13-8-12(5-6-14(13)22-9)18-16(21)10-3-2-4-11(17)7-10/h2-9H,1H3,(H,18,21)(H,19,20). The van der Waals surface area contributed by atoms with E-state index in [2.05, 4.69) is 33.2 Å². The lowest BCUT2D eigenvalue weighted by molar-refractivity contribution is -0.122. The van der Waals surface area contributed by atoms with Gasteiger partial charge < -0.3 is 15.4 Å². The van der Waals surface area contributed by atoms with Gasteiger partial charge in [-0.05, 0) is 65.9 Å². The monoisotopic (exact) mass is 408 g/mol. The minimum absolute atomic E-state index is 0.199. The van der Waals surface area contributed by atoms with Crippen LogP contribution in [0.4, 0.5) is 11.4 Å².